The van der Waals surface area contributed by atoms with Gasteiger partial charge in [0, 0.05) is 13.0 Å². The van der Waals surface area contributed by atoms with Crippen molar-refractivity contribution in [3.63, 3.8) is 0 Å². The van der Waals surface area contributed by atoms with Crippen LogP contribution in [0.25, 0.3) is 0 Å². The van der Waals surface area contributed by atoms with Crippen LogP contribution >= 0.6 is 0 Å². The first kappa shape index (κ1) is 20.9. The molecule has 24 heavy (non-hydrogen) atoms. The first-order valence-corrected chi connectivity index (χ1v) is 9.50. The molecule has 1 aliphatic heterocycles. The Morgan fingerprint density at radius 2 is 1.54 bits per heavy atom. The summed E-state index contributed by atoms with van der Waals surface area (Å²) in [5.41, 5.74) is -1.27. The molecule has 0 aromatic rings. The van der Waals surface area contributed by atoms with Crippen LogP contribution in [0.2, 0.25) is 0 Å². The van der Waals surface area contributed by atoms with Crippen LogP contribution in [0.5, 0.6) is 0 Å². The number of hydrogen-bond donors (Lipinski definition) is 0. The summed E-state index contributed by atoms with van der Waals surface area (Å²) in [6, 6.07) is 0. The Labute approximate surface area is 146 Å². The van der Waals surface area contributed by atoms with E-state index in [4.69, 9.17) is 14.2 Å². The molecule has 0 spiro atoms. The van der Waals surface area contributed by atoms with Crippen molar-refractivity contribution in [2.24, 2.45) is 5.41 Å². The zero-order valence-corrected chi connectivity index (χ0v) is 15.6. The average Bonchev–Trinajstić information content (AvgIpc) is 3.07. The molecular formula is C19H34O5. The summed E-state index contributed by atoms with van der Waals surface area (Å²) in [7, 11) is 0. The zero-order chi connectivity index (χ0) is 17.8. The van der Waals surface area contributed by atoms with Crippen LogP contribution in [0.3, 0.4) is 0 Å². The van der Waals surface area contributed by atoms with E-state index in [0.29, 0.717) is 26.2 Å². The Morgan fingerprint density at radius 3 is 1.96 bits per heavy atom. The van der Waals surface area contributed by atoms with Crippen molar-refractivity contribution in [3.05, 3.63) is 0 Å². The molecule has 0 aromatic heterocycles. The lowest BCUT2D eigenvalue weighted by atomic mass is 9.83. The quantitative estimate of drug-likeness (QED) is 0.304. The maximum Gasteiger partial charge on any atom is 0.323 e. The molecule has 5 nitrogen and oxygen atoms in total. The normalized spacial score (nSPS) is 17.7. The first-order chi connectivity index (χ1) is 11.5. The SMILES string of the molecule is CCCCCOC(=O)C(C)(CC1CCCO1)C(=O)OCCCCC. The molecular weight excluding hydrogens is 308 g/mol. The van der Waals surface area contributed by atoms with Gasteiger partial charge in [0.05, 0.1) is 19.3 Å². The van der Waals surface area contributed by atoms with E-state index >= 15 is 0 Å². The summed E-state index contributed by atoms with van der Waals surface area (Å²) < 4.78 is 16.4. The zero-order valence-electron chi connectivity index (χ0n) is 15.6. The van der Waals surface area contributed by atoms with Gasteiger partial charge in [0.2, 0.25) is 0 Å². The predicted octanol–water partition coefficient (Wildman–Crippen LogP) is 4.03. The largest absolute Gasteiger partial charge is 0.465 e. The fourth-order valence-corrected chi connectivity index (χ4v) is 2.86. The van der Waals surface area contributed by atoms with Crippen LogP contribution in [0.15, 0.2) is 0 Å². The standard InChI is InChI=1S/C19H34O5/c1-4-6-8-12-23-17(20)19(3,15-16-11-10-14-22-16)18(21)24-13-9-7-5-2/h16H,4-15H2,1-3H3. The molecule has 0 bridgehead atoms. The van der Waals surface area contributed by atoms with Crippen molar-refractivity contribution >= 4 is 11.9 Å². The van der Waals surface area contributed by atoms with Crippen LogP contribution in [0.4, 0.5) is 0 Å². The molecule has 1 heterocycles. The second-order valence-electron chi connectivity index (χ2n) is 6.86. The van der Waals surface area contributed by atoms with Gasteiger partial charge in [0.15, 0.2) is 5.41 Å². The molecule has 1 saturated heterocycles. The summed E-state index contributed by atoms with van der Waals surface area (Å²) in [6.45, 7) is 7.23. The minimum absolute atomic E-state index is 0.0682. The Kier molecular flexibility index (Phi) is 9.99. The third-order valence-electron chi connectivity index (χ3n) is 4.52. The van der Waals surface area contributed by atoms with E-state index in [1.807, 2.05) is 0 Å². The van der Waals surface area contributed by atoms with E-state index in [2.05, 4.69) is 13.8 Å². The lowest BCUT2D eigenvalue weighted by Gasteiger charge is -2.27. The van der Waals surface area contributed by atoms with Gasteiger partial charge in [-0.2, -0.15) is 0 Å². The molecule has 1 atom stereocenters. The number of ether oxygens (including phenoxy) is 3. The Hall–Kier alpha value is -1.10. The summed E-state index contributed by atoms with van der Waals surface area (Å²) >= 11 is 0. The molecule has 140 valence electrons. The third-order valence-corrected chi connectivity index (χ3v) is 4.52. The summed E-state index contributed by atoms with van der Waals surface area (Å²) in [4.78, 5) is 25.1. The van der Waals surface area contributed by atoms with E-state index in [1.165, 1.54) is 0 Å². The van der Waals surface area contributed by atoms with Gasteiger partial charge in [0.1, 0.15) is 0 Å². The molecule has 0 aliphatic carbocycles. The van der Waals surface area contributed by atoms with Gasteiger partial charge in [-0.05, 0) is 32.6 Å². The number of esters is 2. The second-order valence-corrected chi connectivity index (χ2v) is 6.86. The van der Waals surface area contributed by atoms with Gasteiger partial charge in [-0.3, -0.25) is 9.59 Å². The molecule has 1 unspecified atom stereocenters. The number of unbranched alkanes of at least 4 members (excludes halogenated alkanes) is 4. The molecule has 1 fully saturated rings. The fraction of sp³-hybridized carbons (Fsp3) is 0.895. The number of rotatable bonds is 12. The fourth-order valence-electron chi connectivity index (χ4n) is 2.86. The van der Waals surface area contributed by atoms with Crippen molar-refractivity contribution in [1.82, 2.24) is 0 Å². The monoisotopic (exact) mass is 342 g/mol. The highest BCUT2D eigenvalue weighted by Gasteiger charge is 2.46. The molecule has 0 saturated carbocycles. The van der Waals surface area contributed by atoms with Gasteiger partial charge >= 0.3 is 11.9 Å². The lowest BCUT2D eigenvalue weighted by Crippen LogP contribution is -2.42. The molecule has 5 heteroatoms. The van der Waals surface area contributed by atoms with Crippen molar-refractivity contribution in [1.29, 1.82) is 0 Å². The molecule has 0 aromatic carbocycles. The maximum absolute atomic E-state index is 12.6. The van der Waals surface area contributed by atoms with E-state index in [9.17, 15) is 9.59 Å². The topological polar surface area (TPSA) is 61.8 Å². The van der Waals surface area contributed by atoms with E-state index in [-0.39, 0.29) is 6.10 Å². The molecule has 1 rings (SSSR count). The highest BCUT2D eigenvalue weighted by molar-refractivity contribution is 5.99. The van der Waals surface area contributed by atoms with Crippen molar-refractivity contribution in [3.8, 4) is 0 Å². The van der Waals surface area contributed by atoms with Gasteiger partial charge in [-0.1, -0.05) is 39.5 Å². The van der Waals surface area contributed by atoms with Gasteiger partial charge < -0.3 is 14.2 Å². The molecule has 0 amide bonds. The van der Waals surface area contributed by atoms with Crippen molar-refractivity contribution < 1.29 is 23.8 Å². The van der Waals surface area contributed by atoms with Crippen LogP contribution < -0.4 is 0 Å². The number of carbonyl (C=O) groups excluding carboxylic acids is 2. The Morgan fingerprint density at radius 1 is 1.00 bits per heavy atom. The highest BCUT2D eigenvalue weighted by atomic mass is 16.6. The highest BCUT2D eigenvalue weighted by Crippen LogP contribution is 2.32. The minimum Gasteiger partial charge on any atom is -0.465 e. The van der Waals surface area contributed by atoms with E-state index in [0.717, 1.165) is 51.4 Å². The van der Waals surface area contributed by atoms with Crippen LogP contribution in [-0.4, -0.2) is 37.9 Å². The maximum atomic E-state index is 12.6. The summed E-state index contributed by atoms with van der Waals surface area (Å²) in [6.07, 6.45) is 7.91. The third kappa shape index (κ3) is 6.80. The number of hydrogen-bond acceptors (Lipinski definition) is 5. The predicted molar refractivity (Wildman–Crippen MR) is 92.7 cm³/mol. The van der Waals surface area contributed by atoms with Crippen LogP contribution in [0.1, 0.15) is 78.6 Å². The van der Waals surface area contributed by atoms with E-state index in [1.54, 1.807) is 6.92 Å². The van der Waals surface area contributed by atoms with Gasteiger partial charge in [-0.25, -0.2) is 0 Å². The lowest BCUT2D eigenvalue weighted by molar-refractivity contribution is -0.174. The Bertz CT molecular complexity index is 350. The minimum atomic E-state index is -1.27. The molecule has 0 N–H and O–H groups in total. The summed E-state index contributed by atoms with van der Waals surface area (Å²) in [5, 5.41) is 0. The van der Waals surface area contributed by atoms with Crippen LogP contribution in [-0.2, 0) is 23.8 Å². The van der Waals surface area contributed by atoms with Crippen molar-refractivity contribution in [2.75, 3.05) is 19.8 Å². The number of carbonyl (C=O) groups is 2. The summed E-state index contributed by atoms with van der Waals surface area (Å²) in [5.74, 6) is -0.954. The van der Waals surface area contributed by atoms with E-state index < -0.39 is 17.4 Å². The smallest absolute Gasteiger partial charge is 0.323 e. The van der Waals surface area contributed by atoms with Gasteiger partial charge in [-0.15, -0.1) is 0 Å². The van der Waals surface area contributed by atoms with Crippen LogP contribution in [0, 0.1) is 5.41 Å². The second kappa shape index (κ2) is 11.5. The van der Waals surface area contributed by atoms with Gasteiger partial charge in [0.25, 0.3) is 0 Å². The molecule has 0 radical (unpaired) electrons. The molecule has 1 aliphatic rings. The average molecular weight is 342 g/mol. The van der Waals surface area contributed by atoms with Crippen molar-refractivity contribution in [2.45, 2.75) is 84.7 Å². The first-order valence-electron chi connectivity index (χ1n) is 9.50. The Balaban J connectivity index is 2.62.